The van der Waals surface area contributed by atoms with Crippen LogP contribution in [0, 0.1) is 21.4 Å². The molecule has 0 aliphatic heterocycles. The van der Waals surface area contributed by atoms with Crippen LogP contribution in [-0.2, 0) is 14.9 Å². The van der Waals surface area contributed by atoms with E-state index in [1.54, 1.807) is 36.4 Å². The molecule has 0 aliphatic rings. The fourth-order valence-corrected chi connectivity index (χ4v) is 3.72. The predicted octanol–water partition coefficient (Wildman–Crippen LogP) is 4.56. The molecule has 0 bridgehead atoms. The molecule has 1 amide bonds. The Morgan fingerprint density at radius 1 is 1.09 bits per heavy atom. The second-order valence-corrected chi connectivity index (χ2v) is 8.48. The van der Waals surface area contributed by atoms with E-state index in [4.69, 9.17) is 15.8 Å². The number of hydrogen-bond donors (Lipinski definition) is 1. The summed E-state index contributed by atoms with van der Waals surface area (Å²) in [5, 5.41) is 23.3. The average molecular weight is 484 g/mol. The Morgan fingerprint density at radius 3 is 2.45 bits per heavy atom. The lowest BCUT2D eigenvalue weighted by molar-refractivity contribution is -0.385. The highest BCUT2D eigenvalue weighted by Crippen LogP contribution is 2.24. The summed E-state index contributed by atoms with van der Waals surface area (Å²) < 4.78 is 30.1. The topological polar surface area (TPSA) is 139 Å². The van der Waals surface area contributed by atoms with E-state index in [0.29, 0.717) is 16.3 Å². The van der Waals surface area contributed by atoms with E-state index in [1.807, 2.05) is 0 Å². The fraction of sp³-hybridized carbons (Fsp3) is 0. The first kappa shape index (κ1) is 23.5. The highest BCUT2D eigenvalue weighted by Gasteiger charge is 2.20. The van der Waals surface area contributed by atoms with Gasteiger partial charge < -0.3 is 9.50 Å². The fourth-order valence-electron chi connectivity index (χ4n) is 2.63. The minimum atomic E-state index is -4.36. The number of carbonyl (C=O) groups is 1. The largest absolute Gasteiger partial charge is 0.379 e. The SMILES string of the molecule is N#C/C(=C/c1cccc(OS(=O)(=O)c2cccc([N+](=O)[O-])c2)c1)C(=O)Nc1ccc(Cl)cc1. The van der Waals surface area contributed by atoms with Gasteiger partial charge in [0.15, 0.2) is 0 Å². The summed E-state index contributed by atoms with van der Waals surface area (Å²) >= 11 is 5.81. The monoisotopic (exact) mass is 483 g/mol. The van der Waals surface area contributed by atoms with Crippen molar-refractivity contribution in [1.82, 2.24) is 0 Å². The van der Waals surface area contributed by atoms with Gasteiger partial charge >= 0.3 is 10.1 Å². The summed E-state index contributed by atoms with van der Waals surface area (Å²) in [6.45, 7) is 0. The van der Waals surface area contributed by atoms with Gasteiger partial charge in [-0.2, -0.15) is 13.7 Å². The number of amides is 1. The van der Waals surface area contributed by atoms with E-state index >= 15 is 0 Å². The van der Waals surface area contributed by atoms with Crippen molar-refractivity contribution in [3.05, 3.63) is 99.1 Å². The molecule has 3 aromatic rings. The smallest absolute Gasteiger partial charge is 0.339 e. The molecule has 33 heavy (non-hydrogen) atoms. The first-order valence-corrected chi connectivity index (χ1v) is 10.9. The van der Waals surface area contributed by atoms with E-state index in [1.165, 1.54) is 36.4 Å². The molecule has 0 atom stereocenters. The average Bonchev–Trinajstić information content (AvgIpc) is 2.79. The Balaban J connectivity index is 1.82. The van der Waals surface area contributed by atoms with E-state index in [9.17, 15) is 28.6 Å². The predicted molar refractivity (Wildman–Crippen MR) is 121 cm³/mol. The van der Waals surface area contributed by atoms with Gasteiger partial charge in [-0.25, -0.2) is 0 Å². The lowest BCUT2D eigenvalue weighted by atomic mass is 10.1. The van der Waals surface area contributed by atoms with Crippen LogP contribution in [-0.4, -0.2) is 19.2 Å². The van der Waals surface area contributed by atoms with Crippen molar-refractivity contribution in [2.24, 2.45) is 0 Å². The first-order valence-electron chi connectivity index (χ1n) is 9.16. The zero-order valence-corrected chi connectivity index (χ0v) is 18.2. The summed E-state index contributed by atoms with van der Waals surface area (Å²) in [6, 6.07) is 18.2. The van der Waals surface area contributed by atoms with Crippen molar-refractivity contribution in [2.75, 3.05) is 5.32 Å². The zero-order chi connectivity index (χ0) is 24.0. The Kier molecular flexibility index (Phi) is 7.07. The van der Waals surface area contributed by atoms with Crippen molar-refractivity contribution in [3.8, 4) is 11.8 Å². The van der Waals surface area contributed by atoms with Crippen LogP contribution in [0.5, 0.6) is 5.75 Å². The van der Waals surface area contributed by atoms with Crippen LogP contribution in [0.25, 0.3) is 6.08 Å². The lowest BCUT2D eigenvalue weighted by Gasteiger charge is -2.08. The van der Waals surface area contributed by atoms with Crippen LogP contribution in [0.2, 0.25) is 5.02 Å². The molecule has 3 rings (SSSR count). The Hall–Kier alpha value is -4.20. The molecule has 11 heteroatoms. The van der Waals surface area contributed by atoms with Crippen molar-refractivity contribution in [1.29, 1.82) is 5.26 Å². The van der Waals surface area contributed by atoms with Gasteiger partial charge in [-0.3, -0.25) is 14.9 Å². The molecule has 0 radical (unpaired) electrons. The molecule has 0 aliphatic carbocycles. The normalized spacial score (nSPS) is 11.3. The molecular weight excluding hydrogens is 470 g/mol. The van der Waals surface area contributed by atoms with Gasteiger partial charge in [0.2, 0.25) is 0 Å². The number of nitriles is 1. The van der Waals surface area contributed by atoms with Crippen LogP contribution < -0.4 is 9.50 Å². The molecule has 166 valence electrons. The van der Waals surface area contributed by atoms with E-state index < -0.39 is 31.5 Å². The highest BCUT2D eigenvalue weighted by atomic mass is 35.5. The van der Waals surface area contributed by atoms with Crippen molar-refractivity contribution in [3.63, 3.8) is 0 Å². The number of nitro benzene ring substituents is 1. The van der Waals surface area contributed by atoms with Gasteiger partial charge in [-0.1, -0.05) is 29.8 Å². The maximum absolute atomic E-state index is 12.5. The second kappa shape index (κ2) is 9.95. The maximum atomic E-state index is 12.5. The summed E-state index contributed by atoms with van der Waals surface area (Å²) in [5.41, 5.74) is 0.126. The van der Waals surface area contributed by atoms with Crippen LogP contribution >= 0.6 is 11.6 Å². The Labute approximate surface area is 193 Å². The van der Waals surface area contributed by atoms with Crippen LogP contribution in [0.1, 0.15) is 5.56 Å². The highest BCUT2D eigenvalue weighted by molar-refractivity contribution is 7.87. The number of carbonyl (C=O) groups excluding carboxylic acids is 1. The number of non-ortho nitro benzene ring substituents is 1. The third kappa shape index (κ3) is 6.16. The lowest BCUT2D eigenvalue weighted by Crippen LogP contribution is -2.13. The molecule has 0 aromatic heterocycles. The van der Waals surface area contributed by atoms with Crippen LogP contribution in [0.4, 0.5) is 11.4 Å². The van der Waals surface area contributed by atoms with Gasteiger partial charge in [-0.05, 0) is 54.1 Å². The molecule has 0 saturated heterocycles. The number of anilines is 1. The number of benzene rings is 3. The van der Waals surface area contributed by atoms with Gasteiger partial charge in [0, 0.05) is 22.8 Å². The standard InChI is InChI=1S/C22H14ClN3O6S/c23-17-7-9-18(10-8-17)25-22(27)16(14-24)11-15-3-1-5-20(12-15)32-33(30,31)21-6-2-4-19(13-21)26(28)29/h1-13H,(H,25,27)/b16-11-. The van der Waals surface area contributed by atoms with Crippen molar-refractivity contribution in [2.45, 2.75) is 4.90 Å². The minimum Gasteiger partial charge on any atom is -0.379 e. The van der Waals surface area contributed by atoms with E-state index in [0.717, 1.165) is 12.1 Å². The molecule has 0 heterocycles. The summed E-state index contributed by atoms with van der Waals surface area (Å²) in [6.07, 6.45) is 1.26. The number of rotatable bonds is 7. The number of nitrogens with one attached hydrogen (secondary N) is 1. The molecule has 0 spiro atoms. The van der Waals surface area contributed by atoms with Gasteiger partial charge in [0.05, 0.1) is 4.92 Å². The zero-order valence-electron chi connectivity index (χ0n) is 16.6. The Bertz CT molecular complexity index is 1400. The van der Waals surface area contributed by atoms with E-state index in [2.05, 4.69) is 5.32 Å². The molecule has 0 saturated carbocycles. The third-order valence-corrected chi connectivity index (χ3v) is 5.65. The molecule has 0 fully saturated rings. The Morgan fingerprint density at radius 2 is 1.79 bits per heavy atom. The van der Waals surface area contributed by atoms with Crippen LogP contribution in [0.3, 0.4) is 0 Å². The first-order chi connectivity index (χ1) is 15.7. The molecular formula is C22H14ClN3O6S. The molecule has 3 aromatic carbocycles. The van der Waals surface area contributed by atoms with Gasteiger partial charge in [0.25, 0.3) is 11.6 Å². The second-order valence-electron chi connectivity index (χ2n) is 6.50. The molecule has 1 N–H and O–H groups in total. The number of nitrogens with zero attached hydrogens (tertiary/aromatic N) is 2. The third-order valence-electron chi connectivity index (χ3n) is 4.16. The van der Waals surface area contributed by atoms with Crippen molar-refractivity contribution < 1.29 is 22.3 Å². The van der Waals surface area contributed by atoms with Crippen LogP contribution in [0.15, 0.2) is 83.3 Å². The number of hydrogen-bond acceptors (Lipinski definition) is 7. The van der Waals surface area contributed by atoms with Crippen molar-refractivity contribution >= 4 is 45.1 Å². The summed E-state index contributed by atoms with van der Waals surface area (Å²) in [7, 11) is -4.36. The number of nitro groups is 1. The number of halogens is 1. The minimum absolute atomic E-state index is 0.106. The maximum Gasteiger partial charge on any atom is 0.339 e. The van der Waals surface area contributed by atoms with E-state index in [-0.39, 0.29) is 11.3 Å². The molecule has 9 nitrogen and oxygen atoms in total. The van der Waals surface area contributed by atoms with Gasteiger partial charge in [0.1, 0.15) is 22.3 Å². The van der Waals surface area contributed by atoms with Gasteiger partial charge in [-0.15, -0.1) is 0 Å². The summed E-state index contributed by atoms with van der Waals surface area (Å²) in [5.74, 6) is -0.777. The summed E-state index contributed by atoms with van der Waals surface area (Å²) in [4.78, 5) is 22.2. The quantitative estimate of drug-likeness (QED) is 0.171. The molecule has 0 unspecified atom stereocenters.